The smallest absolute Gasteiger partial charge is 0.241 e. The summed E-state index contributed by atoms with van der Waals surface area (Å²) in [5.74, 6) is -0.183. The molecular weight excluding hydrogens is 613 g/mol. The number of nitrogens with one attached hydrogen (secondary N) is 3. The number of nitrogens with zero attached hydrogens (tertiary/aromatic N) is 2. The van der Waals surface area contributed by atoms with E-state index in [0.29, 0.717) is 43.7 Å². The number of sulfonamides is 1. The van der Waals surface area contributed by atoms with E-state index in [1.54, 1.807) is 23.1 Å². The van der Waals surface area contributed by atoms with Gasteiger partial charge >= 0.3 is 0 Å². The van der Waals surface area contributed by atoms with Crippen molar-refractivity contribution in [1.82, 2.24) is 19.8 Å². The molecule has 0 unspecified atom stereocenters. The van der Waals surface area contributed by atoms with E-state index < -0.39 is 16.1 Å². The van der Waals surface area contributed by atoms with Crippen LogP contribution in [0.4, 0.5) is 0 Å². The van der Waals surface area contributed by atoms with Crippen molar-refractivity contribution >= 4 is 27.7 Å². The molecule has 1 atom stereocenters. The average Bonchev–Trinajstić information content (AvgIpc) is 3.30. The van der Waals surface area contributed by atoms with Crippen LogP contribution in [0.25, 0.3) is 0 Å². The highest BCUT2D eigenvalue weighted by molar-refractivity contribution is 7.89. The van der Waals surface area contributed by atoms with Crippen molar-refractivity contribution in [3.63, 3.8) is 0 Å². The summed E-state index contributed by atoms with van der Waals surface area (Å²) < 4.78 is 31.9. The molecular formula is C36H54N6O4S. The molecule has 4 rings (SSSR count). The van der Waals surface area contributed by atoms with Crippen LogP contribution in [0.3, 0.4) is 0 Å². The van der Waals surface area contributed by atoms with Gasteiger partial charge < -0.3 is 20.9 Å². The fourth-order valence-electron chi connectivity index (χ4n) is 6.63. The second kappa shape index (κ2) is 15.7. The molecule has 0 radical (unpaired) electrons. The Labute approximate surface area is 281 Å². The Hall–Kier alpha value is -3.28. The first-order valence-corrected chi connectivity index (χ1v) is 18.6. The quantitative estimate of drug-likeness (QED) is 0.208. The molecule has 5 N–H and O–H groups in total. The minimum atomic E-state index is -4.17. The predicted molar refractivity (Wildman–Crippen MR) is 187 cm³/mol. The van der Waals surface area contributed by atoms with Gasteiger partial charge in [0.15, 0.2) is 0 Å². The number of carbonyl (C=O) groups excluding carboxylic acids is 2. The molecule has 0 aromatic heterocycles. The van der Waals surface area contributed by atoms with Gasteiger partial charge in [0.05, 0.1) is 4.90 Å². The lowest BCUT2D eigenvalue weighted by atomic mass is 9.89. The number of nitrogens with two attached hydrogens (primary N) is 1. The van der Waals surface area contributed by atoms with Gasteiger partial charge in [0.25, 0.3) is 0 Å². The normalized spacial score (nSPS) is 17.3. The van der Waals surface area contributed by atoms with Gasteiger partial charge in [-0.25, -0.2) is 8.42 Å². The Morgan fingerprint density at radius 1 is 0.915 bits per heavy atom. The Kier molecular flexibility index (Phi) is 12.2. The topological polar surface area (TPSA) is 149 Å². The Morgan fingerprint density at radius 2 is 1.51 bits per heavy atom. The van der Waals surface area contributed by atoms with Gasteiger partial charge in [-0.1, -0.05) is 71.9 Å². The van der Waals surface area contributed by atoms with Crippen LogP contribution in [0.5, 0.6) is 0 Å². The number of amidine groups is 1. The van der Waals surface area contributed by atoms with Crippen molar-refractivity contribution in [2.75, 3.05) is 39.3 Å². The summed E-state index contributed by atoms with van der Waals surface area (Å²) in [5, 5.41) is 11.2. The summed E-state index contributed by atoms with van der Waals surface area (Å²) in [6, 6.07) is 9.91. The summed E-state index contributed by atoms with van der Waals surface area (Å²) in [7, 11) is -4.17. The van der Waals surface area contributed by atoms with E-state index in [9.17, 15) is 18.0 Å². The van der Waals surface area contributed by atoms with Crippen LogP contribution >= 0.6 is 0 Å². The lowest BCUT2D eigenvalue weighted by molar-refractivity contribution is -0.137. The molecule has 0 bridgehead atoms. The molecule has 258 valence electrons. The number of benzene rings is 2. The third kappa shape index (κ3) is 9.00. The van der Waals surface area contributed by atoms with Crippen molar-refractivity contribution < 1.29 is 18.0 Å². The maximum Gasteiger partial charge on any atom is 0.241 e. The van der Waals surface area contributed by atoms with E-state index in [1.165, 1.54) is 0 Å². The number of nitrogen functional groups attached to an aromatic ring is 1. The van der Waals surface area contributed by atoms with Gasteiger partial charge in [-0.2, -0.15) is 4.72 Å². The fourth-order valence-corrected chi connectivity index (χ4v) is 8.52. The number of piperidine rings is 1. The van der Waals surface area contributed by atoms with E-state index in [4.69, 9.17) is 11.1 Å². The summed E-state index contributed by atoms with van der Waals surface area (Å²) in [6.45, 7) is 15.6. The van der Waals surface area contributed by atoms with Gasteiger partial charge in [0.1, 0.15) is 11.9 Å². The molecule has 2 amide bonds. The second-order valence-electron chi connectivity index (χ2n) is 14.0. The number of carbonyl (C=O) groups is 2. The van der Waals surface area contributed by atoms with Crippen molar-refractivity contribution in [2.45, 2.75) is 95.9 Å². The lowest BCUT2D eigenvalue weighted by Gasteiger charge is -2.30. The zero-order valence-electron chi connectivity index (χ0n) is 28.9. The zero-order valence-corrected chi connectivity index (χ0v) is 29.8. The number of amides is 2. The van der Waals surface area contributed by atoms with E-state index in [-0.39, 0.29) is 52.6 Å². The van der Waals surface area contributed by atoms with E-state index in [1.807, 2.05) is 50.8 Å². The maximum absolute atomic E-state index is 14.5. The monoisotopic (exact) mass is 666 g/mol. The first-order valence-electron chi connectivity index (χ1n) is 17.1. The molecule has 47 heavy (non-hydrogen) atoms. The fraction of sp³-hybridized carbons (Fsp3) is 0.583. The third-order valence-corrected chi connectivity index (χ3v) is 11.0. The third-order valence-electron chi connectivity index (χ3n) is 9.43. The first kappa shape index (κ1) is 36.6. The molecule has 2 aromatic carbocycles. The van der Waals surface area contributed by atoms with Crippen LogP contribution in [-0.4, -0.2) is 81.2 Å². The van der Waals surface area contributed by atoms with Gasteiger partial charge in [-0.15, -0.1) is 0 Å². The number of rotatable bonds is 11. The van der Waals surface area contributed by atoms with Crippen LogP contribution in [0.2, 0.25) is 0 Å². The molecule has 2 heterocycles. The van der Waals surface area contributed by atoms with Crippen LogP contribution in [0, 0.1) is 11.3 Å². The van der Waals surface area contributed by atoms with E-state index >= 15 is 0 Å². The largest absolute Gasteiger partial charge is 0.384 e. The first-order chi connectivity index (χ1) is 22.2. The second-order valence-corrected chi connectivity index (χ2v) is 15.7. The van der Waals surface area contributed by atoms with E-state index in [0.717, 1.165) is 42.6 Å². The molecule has 2 saturated heterocycles. The van der Waals surface area contributed by atoms with Crippen LogP contribution in [0.15, 0.2) is 41.3 Å². The van der Waals surface area contributed by atoms with Crippen LogP contribution < -0.4 is 15.8 Å². The van der Waals surface area contributed by atoms with Gasteiger partial charge in [0, 0.05) is 37.7 Å². The Balaban J connectivity index is 1.68. The Bertz CT molecular complexity index is 1520. The standard InChI is InChI=1S/C36H54N6O4S/c1-23(2)29-21-30(24(3)4)33(31(22-29)25(5)6)47(45,46)40-32(20-26-9-7-10-28(19-26)34(37)38)36(44)42-16-8-15-41(17-18-42)35(43)27-11-13-39-14-12-27/h7,9-10,19,21-25,27,32,39-40H,8,11-18,20H2,1-6H3,(H3,37,38)/t32-/m0/s1. The van der Waals surface area contributed by atoms with Gasteiger partial charge in [0.2, 0.25) is 21.8 Å². The van der Waals surface area contributed by atoms with Crippen molar-refractivity contribution in [2.24, 2.45) is 11.7 Å². The predicted octanol–water partition coefficient (Wildman–Crippen LogP) is 4.29. The highest BCUT2D eigenvalue weighted by Gasteiger charge is 2.35. The molecule has 2 fully saturated rings. The van der Waals surface area contributed by atoms with Crippen molar-refractivity contribution in [3.8, 4) is 0 Å². The summed E-state index contributed by atoms with van der Waals surface area (Å²) in [6.07, 6.45) is 2.34. The molecule has 11 heteroatoms. The number of hydrogen-bond donors (Lipinski definition) is 4. The van der Waals surface area contributed by atoms with Crippen molar-refractivity contribution in [3.05, 3.63) is 64.2 Å². The SMILES string of the molecule is CC(C)c1cc(C(C)C)c(S(=O)(=O)N[C@@H](Cc2cccc(C(=N)N)c2)C(=O)N2CCCN(C(=O)C3CCNCC3)CC2)c(C(C)C)c1. The molecule has 0 saturated carbocycles. The van der Waals surface area contributed by atoms with Crippen LogP contribution in [-0.2, 0) is 26.0 Å². The Morgan fingerprint density at radius 3 is 2.09 bits per heavy atom. The summed E-state index contributed by atoms with van der Waals surface area (Å²) in [4.78, 5) is 31.5. The average molecular weight is 667 g/mol. The lowest BCUT2D eigenvalue weighted by Crippen LogP contribution is -2.51. The minimum absolute atomic E-state index is 0.000924. The molecule has 0 aliphatic carbocycles. The highest BCUT2D eigenvalue weighted by Crippen LogP contribution is 2.35. The minimum Gasteiger partial charge on any atom is -0.384 e. The molecule has 10 nitrogen and oxygen atoms in total. The summed E-state index contributed by atoms with van der Waals surface area (Å²) in [5.41, 5.74) is 9.51. The van der Waals surface area contributed by atoms with Crippen molar-refractivity contribution in [1.29, 1.82) is 5.41 Å². The maximum atomic E-state index is 14.5. The molecule has 2 aliphatic heterocycles. The highest BCUT2D eigenvalue weighted by atomic mass is 32.2. The van der Waals surface area contributed by atoms with Gasteiger partial charge in [-0.05, 0) is 84.8 Å². The number of hydrogen-bond acceptors (Lipinski definition) is 6. The summed E-state index contributed by atoms with van der Waals surface area (Å²) >= 11 is 0. The zero-order chi connectivity index (χ0) is 34.5. The molecule has 2 aliphatic rings. The molecule has 0 spiro atoms. The van der Waals surface area contributed by atoms with E-state index in [2.05, 4.69) is 23.9 Å². The molecule has 2 aromatic rings. The van der Waals surface area contributed by atoms with Crippen LogP contribution in [0.1, 0.15) is 106 Å². The van der Waals surface area contributed by atoms with Gasteiger partial charge in [-0.3, -0.25) is 15.0 Å².